The summed E-state index contributed by atoms with van der Waals surface area (Å²) in [4.78, 5) is 10.9. The number of para-hydroxylation sites is 1. The van der Waals surface area contributed by atoms with Crippen LogP contribution in [0.1, 0.15) is 18.6 Å². The van der Waals surface area contributed by atoms with Gasteiger partial charge in [-0.2, -0.15) is 0 Å². The second-order valence-electron chi connectivity index (χ2n) is 2.86. The minimum absolute atomic E-state index is 0.516. The Balaban J connectivity index is 2.97. The van der Waals surface area contributed by atoms with Crippen molar-refractivity contribution < 1.29 is 9.90 Å². The molecule has 1 rings (SSSR count). The van der Waals surface area contributed by atoms with Crippen LogP contribution in [0.5, 0.6) is 0 Å². The normalized spacial score (nSPS) is 11.5. The van der Waals surface area contributed by atoms with Crippen molar-refractivity contribution in [3.05, 3.63) is 29.8 Å². The van der Waals surface area contributed by atoms with Crippen molar-refractivity contribution in [3.8, 4) is 12.3 Å². The lowest BCUT2D eigenvalue weighted by molar-refractivity contribution is -0.111. The van der Waals surface area contributed by atoms with E-state index in [1.165, 1.54) is 0 Å². The van der Waals surface area contributed by atoms with Crippen molar-refractivity contribution >= 4 is 11.6 Å². The van der Waals surface area contributed by atoms with Gasteiger partial charge in [0, 0.05) is 11.3 Å². The highest BCUT2D eigenvalue weighted by molar-refractivity contribution is 6.03. The van der Waals surface area contributed by atoms with E-state index >= 15 is 0 Å². The molecule has 1 unspecified atom stereocenters. The number of amides is 1. The first kappa shape index (κ1) is 10.3. The molecule has 0 radical (unpaired) electrons. The number of carbonyl (C=O) groups excluding carboxylic acids is 1. The summed E-state index contributed by atoms with van der Waals surface area (Å²) in [5.74, 6) is 1.43. The van der Waals surface area contributed by atoms with Crippen LogP contribution in [-0.4, -0.2) is 11.0 Å². The lowest BCUT2D eigenvalue weighted by atomic mass is 10.1. The number of terminal acetylenes is 1. The number of carbonyl (C=O) groups is 1. The lowest BCUT2D eigenvalue weighted by Gasteiger charge is -2.10. The average molecular weight is 189 g/mol. The van der Waals surface area contributed by atoms with Gasteiger partial charge in [0.05, 0.1) is 6.10 Å². The predicted octanol–water partition coefficient (Wildman–Crippen LogP) is 1.31. The van der Waals surface area contributed by atoms with Gasteiger partial charge in [0.15, 0.2) is 0 Å². The molecule has 0 spiro atoms. The number of hydrogen-bond donors (Lipinski definition) is 2. The van der Waals surface area contributed by atoms with E-state index in [1.807, 2.05) is 5.92 Å². The minimum Gasteiger partial charge on any atom is -0.389 e. The van der Waals surface area contributed by atoms with E-state index in [1.54, 1.807) is 31.2 Å². The van der Waals surface area contributed by atoms with Crippen LogP contribution in [0.25, 0.3) is 0 Å². The molecule has 14 heavy (non-hydrogen) atoms. The van der Waals surface area contributed by atoms with Crippen LogP contribution < -0.4 is 5.32 Å². The first-order valence-electron chi connectivity index (χ1n) is 4.19. The zero-order chi connectivity index (χ0) is 10.6. The van der Waals surface area contributed by atoms with E-state index in [0.717, 1.165) is 0 Å². The number of anilines is 1. The smallest absolute Gasteiger partial charge is 0.300 e. The number of aliphatic hydroxyl groups excluding tert-OH is 1. The Hall–Kier alpha value is -1.79. The van der Waals surface area contributed by atoms with E-state index in [4.69, 9.17) is 6.42 Å². The van der Waals surface area contributed by atoms with Gasteiger partial charge >= 0.3 is 0 Å². The van der Waals surface area contributed by atoms with Gasteiger partial charge in [-0.05, 0) is 18.9 Å². The number of nitrogens with one attached hydrogen (secondary N) is 1. The van der Waals surface area contributed by atoms with Crippen LogP contribution in [0, 0.1) is 12.3 Å². The van der Waals surface area contributed by atoms with Gasteiger partial charge in [-0.15, -0.1) is 6.42 Å². The third-order valence-corrected chi connectivity index (χ3v) is 1.79. The number of rotatable bonds is 2. The highest BCUT2D eigenvalue weighted by Gasteiger charge is 2.07. The van der Waals surface area contributed by atoms with Gasteiger partial charge in [-0.3, -0.25) is 4.79 Å². The molecule has 1 aromatic carbocycles. The molecule has 72 valence electrons. The molecule has 0 heterocycles. The van der Waals surface area contributed by atoms with Crippen LogP contribution >= 0.6 is 0 Å². The van der Waals surface area contributed by atoms with Gasteiger partial charge in [-0.25, -0.2) is 0 Å². The molecular formula is C11H11NO2. The molecule has 1 aromatic rings. The Morgan fingerprint density at radius 3 is 2.79 bits per heavy atom. The molecule has 2 N–H and O–H groups in total. The highest BCUT2D eigenvalue weighted by Crippen LogP contribution is 2.21. The summed E-state index contributed by atoms with van der Waals surface area (Å²) in [6, 6.07) is 6.97. The average Bonchev–Trinajstić information content (AvgIpc) is 2.18. The van der Waals surface area contributed by atoms with Gasteiger partial charge in [0.2, 0.25) is 0 Å². The maximum atomic E-state index is 10.9. The fraction of sp³-hybridized carbons (Fsp3) is 0.182. The molecule has 0 saturated heterocycles. The van der Waals surface area contributed by atoms with E-state index in [0.29, 0.717) is 11.3 Å². The summed E-state index contributed by atoms with van der Waals surface area (Å²) in [5.41, 5.74) is 1.20. The molecule has 0 saturated carbocycles. The molecule has 3 nitrogen and oxygen atoms in total. The maximum absolute atomic E-state index is 10.9. The molecule has 0 aliphatic carbocycles. The zero-order valence-corrected chi connectivity index (χ0v) is 7.82. The summed E-state index contributed by atoms with van der Waals surface area (Å²) >= 11 is 0. The summed E-state index contributed by atoms with van der Waals surface area (Å²) in [6.45, 7) is 1.63. The van der Waals surface area contributed by atoms with Gasteiger partial charge in [0.1, 0.15) is 0 Å². The van der Waals surface area contributed by atoms with Crippen LogP contribution in [0.4, 0.5) is 5.69 Å². The topological polar surface area (TPSA) is 49.3 Å². The first-order valence-corrected chi connectivity index (χ1v) is 4.19. The molecule has 0 aliphatic heterocycles. The standard InChI is InChI=1S/C11H11NO2/c1-3-11(14)12-10-7-5-4-6-9(10)8(2)13/h1,4-8,13H,2H3,(H,12,14). The van der Waals surface area contributed by atoms with Crippen LogP contribution in [0.3, 0.4) is 0 Å². The minimum atomic E-state index is -0.635. The van der Waals surface area contributed by atoms with E-state index in [2.05, 4.69) is 5.32 Å². The molecule has 1 atom stereocenters. The molecule has 1 amide bonds. The Labute approximate surface area is 82.8 Å². The van der Waals surface area contributed by atoms with Gasteiger partial charge in [-0.1, -0.05) is 18.2 Å². The molecule has 0 bridgehead atoms. The third-order valence-electron chi connectivity index (χ3n) is 1.79. The third kappa shape index (κ3) is 2.35. The van der Waals surface area contributed by atoms with Crippen molar-refractivity contribution in [1.82, 2.24) is 0 Å². The Bertz CT molecular complexity index is 377. The predicted molar refractivity (Wildman–Crippen MR) is 54.5 cm³/mol. The molecule has 0 fully saturated rings. The fourth-order valence-electron chi connectivity index (χ4n) is 1.13. The fourth-order valence-corrected chi connectivity index (χ4v) is 1.13. The van der Waals surface area contributed by atoms with E-state index in [9.17, 15) is 9.90 Å². The molecule has 3 heteroatoms. The van der Waals surface area contributed by atoms with Crippen LogP contribution in [0.2, 0.25) is 0 Å². The Morgan fingerprint density at radius 1 is 1.57 bits per heavy atom. The number of benzene rings is 1. The summed E-state index contributed by atoms with van der Waals surface area (Å²) in [6.07, 6.45) is 4.29. The number of hydrogen-bond acceptors (Lipinski definition) is 2. The molecule has 0 aromatic heterocycles. The second-order valence-corrected chi connectivity index (χ2v) is 2.86. The van der Waals surface area contributed by atoms with Crippen LogP contribution in [0.15, 0.2) is 24.3 Å². The molecule has 0 aliphatic rings. The van der Waals surface area contributed by atoms with Crippen molar-refractivity contribution in [1.29, 1.82) is 0 Å². The van der Waals surface area contributed by atoms with Crippen molar-refractivity contribution in [2.24, 2.45) is 0 Å². The van der Waals surface area contributed by atoms with Crippen molar-refractivity contribution in [3.63, 3.8) is 0 Å². The Morgan fingerprint density at radius 2 is 2.21 bits per heavy atom. The summed E-state index contributed by atoms with van der Waals surface area (Å²) in [5, 5.41) is 11.9. The van der Waals surface area contributed by atoms with E-state index < -0.39 is 12.0 Å². The SMILES string of the molecule is C#CC(=O)Nc1ccccc1C(C)O. The quantitative estimate of drug-likeness (QED) is 0.689. The maximum Gasteiger partial charge on any atom is 0.300 e. The number of aliphatic hydroxyl groups is 1. The summed E-state index contributed by atoms with van der Waals surface area (Å²) in [7, 11) is 0. The zero-order valence-electron chi connectivity index (χ0n) is 7.82. The summed E-state index contributed by atoms with van der Waals surface area (Å²) < 4.78 is 0. The monoisotopic (exact) mass is 189 g/mol. The van der Waals surface area contributed by atoms with Gasteiger partial charge < -0.3 is 10.4 Å². The lowest BCUT2D eigenvalue weighted by Crippen LogP contribution is -2.10. The van der Waals surface area contributed by atoms with Crippen molar-refractivity contribution in [2.75, 3.05) is 5.32 Å². The largest absolute Gasteiger partial charge is 0.389 e. The Kier molecular flexibility index (Phi) is 3.27. The highest BCUT2D eigenvalue weighted by atomic mass is 16.3. The molecular weight excluding hydrogens is 178 g/mol. The van der Waals surface area contributed by atoms with Crippen LogP contribution in [-0.2, 0) is 4.79 Å². The second kappa shape index (κ2) is 4.45. The van der Waals surface area contributed by atoms with Gasteiger partial charge in [0.25, 0.3) is 5.91 Å². The van der Waals surface area contributed by atoms with E-state index in [-0.39, 0.29) is 0 Å². The van der Waals surface area contributed by atoms with Crippen molar-refractivity contribution in [2.45, 2.75) is 13.0 Å². The first-order chi connectivity index (χ1) is 6.65.